The van der Waals surface area contributed by atoms with Gasteiger partial charge in [0.1, 0.15) is 17.6 Å². The average Bonchev–Trinajstić information content (AvgIpc) is 2.90. The number of pyridine rings is 1. The molecule has 176 valence electrons. The normalized spacial score (nSPS) is 22.9. The topological polar surface area (TPSA) is 79.5 Å². The zero-order valence-corrected chi connectivity index (χ0v) is 20.0. The van der Waals surface area contributed by atoms with Crippen LogP contribution in [0.3, 0.4) is 0 Å². The van der Waals surface area contributed by atoms with Crippen LogP contribution in [0, 0.1) is 29.0 Å². The molecule has 0 amide bonds. The number of hydrogen-bond acceptors (Lipinski definition) is 5. The molecule has 0 saturated carbocycles. The Kier molecular flexibility index (Phi) is 5.04. The summed E-state index contributed by atoms with van der Waals surface area (Å²) in [5, 5.41) is 11.6. The number of Topliss-reactive ketones (excluding diaryl/α,β-unsaturated/α-hetero) is 1. The Bertz CT molecular complexity index is 1630. The van der Waals surface area contributed by atoms with E-state index in [0.717, 1.165) is 28.5 Å². The van der Waals surface area contributed by atoms with E-state index in [-0.39, 0.29) is 29.0 Å². The van der Waals surface area contributed by atoms with E-state index in [0.29, 0.717) is 29.2 Å². The van der Waals surface area contributed by atoms with E-state index in [4.69, 9.17) is 9.97 Å². The molecule has 0 radical (unpaired) electrons. The molecule has 6 rings (SSSR count). The van der Waals surface area contributed by atoms with Crippen molar-refractivity contribution >= 4 is 16.6 Å². The van der Waals surface area contributed by atoms with Gasteiger partial charge in [-0.25, -0.2) is 14.4 Å². The number of allylic oxidation sites excluding steroid dienone is 2. The minimum atomic E-state index is -0.672. The number of carbonyl (C=O) groups excluding carboxylic acids is 1. The lowest BCUT2D eigenvalue weighted by atomic mass is 9.57. The van der Waals surface area contributed by atoms with Crippen LogP contribution in [0.1, 0.15) is 31.5 Å². The molecule has 0 N–H and O–H groups in total. The summed E-state index contributed by atoms with van der Waals surface area (Å²) in [6.45, 7) is 3.93. The van der Waals surface area contributed by atoms with Crippen molar-refractivity contribution in [1.82, 2.24) is 15.0 Å². The van der Waals surface area contributed by atoms with Gasteiger partial charge in [0.05, 0.1) is 17.0 Å². The van der Waals surface area contributed by atoms with Crippen LogP contribution >= 0.6 is 0 Å². The SMILES string of the molecule is C[C@H]1C(=O)C(C#N)=C[C@@]2(C)c3nc(-c4nccc5ccccc45)nc(-c4ccccc4F)c3CC[C@H]12. The van der Waals surface area contributed by atoms with Crippen molar-refractivity contribution in [2.24, 2.45) is 11.8 Å². The van der Waals surface area contributed by atoms with Crippen LogP contribution in [0.5, 0.6) is 0 Å². The molecule has 0 saturated heterocycles. The fourth-order valence-corrected chi connectivity index (χ4v) is 6.05. The van der Waals surface area contributed by atoms with Crippen molar-refractivity contribution in [3.63, 3.8) is 0 Å². The van der Waals surface area contributed by atoms with Crippen LogP contribution in [-0.2, 0) is 16.6 Å². The Morgan fingerprint density at radius 1 is 1.06 bits per heavy atom. The molecule has 2 aromatic carbocycles. The highest BCUT2D eigenvalue weighted by Crippen LogP contribution is 2.51. The second kappa shape index (κ2) is 8.17. The molecular formula is C30H23FN4O. The highest BCUT2D eigenvalue weighted by atomic mass is 19.1. The van der Waals surface area contributed by atoms with Crippen molar-refractivity contribution in [1.29, 1.82) is 5.26 Å². The number of ketones is 1. The molecule has 0 spiro atoms. The van der Waals surface area contributed by atoms with E-state index in [9.17, 15) is 10.1 Å². The molecule has 5 nitrogen and oxygen atoms in total. The predicted octanol–water partition coefficient (Wildman–Crippen LogP) is 5.99. The van der Waals surface area contributed by atoms with E-state index in [1.54, 1.807) is 30.5 Å². The lowest BCUT2D eigenvalue weighted by Gasteiger charge is -2.45. The summed E-state index contributed by atoms with van der Waals surface area (Å²) in [4.78, 5) is 27.5. The van der Waals surface area contributed by atoms with Gasteiger partial charge >= 0.3 is 0 Å². The van der Waals surface area contributed by atoms with Gasteiger partial charge in [-0.2, -0.15) is 5.26 Å². The number of hydrogen-bond donors (Lipinski definition) is 0. The molecule has 2 aliphatic rings. The van der Waals surface area contributed by atoms with E-state index < -0.39 is 5.41 Å². The number of benzene rings is 2. The van der Waals surface area contributed by atoms with Gasteiger partial charge < -0.3 is 0 Å². The van der Waals surface area contributed by atoms with Crippen LogP contribution in [0.25, 0.3) is 33.5 Å². The van der Waals surface area contributed by atoms with Gasteiger partial charge in [-0.3, -0.25) is 9.78 Å². The number of halogens is 1. The third-order valence-electron chi connectivity index (χ3n) is 7.85. The average molecular weight is 475 g/mol. The number of fused-ring (bicyclic) bond motifs is 4. The lowest BCUT2D eigenvalue weighted by Crippen LogP contribution is -2.46. The summed E-state index contributed by atoms with van der Waals surface area (Å²) in [5.74, 6) is -0.409. The zero-order valence-electron chi connectivity index (χ0n) is 20.0. The second-order valence-corrected chi connectivity index (χ2v) is 9.83. The lowest BCUT2D eigenvalue weighted by molar-refractivity contribution is -0.121. The second-order valence-electron chi connectivity index (χ2n) is 9.83. The van der Waals surface area contributed by atoms with Gasteiger partial charge in [-0.15, -0.1) is 0 Å². The van der Waals surface area contributed by atoms with Crippen molar-refractivity contribution < 1.29 is 9.18 Å². The van der Waals surface area contributed by atoms with Crippen molar-refractivity contribution in [3.8, 4) is 28.8 Å². The first-order chi connectivity index (χ1) is 17.4. The van der Waals surface area contributed by atoms with Gasteiger partial charge in [0.2, 0.25) is 0 Å². The molecule has 0 aliphatic heterocycles. The van der Waals surface area contributed by atoms with E-state index in [1.165, 1.54) is 6.07 Å². The van der Waals surface area contributed by atoms with Crippen LogP contribution < -0.4 is 0 Å². The minimum Gasteiger partial charge on any atom is -0.293 e. The Hall–Kier alpha value is -4.24. The Balaban J connectivity index is 1.70. The minimum absolute atomic E-state index is 0.0219. The van der Waals surface area contributed by atoms with Gasteiger partial charge in [-0.1, -0.05) is 56.3 Å². The molecule has 6 heteroatoms. The monoisotopic (exact) mass is 474 g/mol. The Morgan fingerprint density at radius 3 is 2.64 bits per heavy atom. The standard InChI is InChI=1S/C30H23FN4O/c1-17-23-12-11-22-25(21-9-5-6-10-24(21)31)34-29(26-20-8-4-3-7-18(20)13-14-33-26)35-28(22)30(23,2)15-19(16-32)27(17)36/h3-10,13-15,17,23H,11-12H2,1-2H3/t17-,23-,30-/m1/s1. The molecule has 0 bridgehead atoms. The third kappa shape index (κ3) is 3.20. The van der Waals surface area contributed by atoms with E-state index >= 15 is 4.39 Å². The summed E-state index contributed by atoms with van der Waals surface area (Å²) in [5.41, 5.74) is 2.65. The summed E-state index contributed by atoms with van der Waals surface area (Å²) < 4.78 is 15.1. The first-order valence-electron chi connectivity index (χ1n) is 12.1. The first kappa shape index (κ1) is 22.2. The molecule has 0 fully saturated rings. The summed E-state index contributed by atoms with van der Waals surface area (Å²) in [6.07, 6.45) is 4.84. The molecule has 2 aliphatic carbocycles. The zero-order chi connectivity index (χ0) is 25.0. The van der Waals surface area contributed by atoms with Crippen LogP contribution in [-0.4, -0.2) is 20.7 Å². The number of nitrogens with zero attached hydrogens (tertiary/aromatic N) is 4. The van der Waals surface area contributed by atoms with Crippen molar-refractivity contribution in [2.45, 2.75) is 32.1 Å². The molecule has 4 aromatic rings. The molecule has 3 atom stereocenters. The predicted molar refractivity (Wildman–Crippen MR) is 135 cm³/mol. The molecular weight excluding hydrogens is 451 g/mol. The number of nitriles is 1. The summed E-state index contributed by atoms with van der Waals surface area (Å²) in [6, 6.07) is 18.5. The summed E-state index contributed by atoms with van der Waals surface area (Å²) >= 11 is 0. The van der Waals surface area contributed by atoms with Gasteiger partial charge in [0.25, 0.3) is 0 Å². The van der Waals surface area contributed by atoms with Gasteiger partial charge in [-0.05, 0) is 42.3 Å². The van der Waals surface area contributed by atoms with Crippen molar-refractivity contribution in [2.75, 3.05) is 0 Å². The number of aromatic nitrogens is 3. The first-order valence-corrected chi connectivity index (χ1v) is 12.1. The maximum absolute atomic E-state index is 15.1. The van der Waals surface area contributed by atoms with Gasteiger partial charge in [0, 0.05) is 34.0 Å². The largest absolute Gasteiger partial charge is 0.293 e. The van der Waals surface area contributed by atoms with Crippen LogP contribution in [0.2, 0.25) is 0 Å². The maximum Gasteiger partial charge on any atom is 0.179 e. The fourth-order valence-electron chi connectivity index (χ4n) is 6.05. The van der Waals surface area contributed by atoms with E-state index in [1.807, 2.05) is 44.2 Å². The molecule has 36 heavy (non-hydrogen) atoms. The number of rotatable bonds is 2. The van der Waals surface area contributed by atoms with Crippen LogP contribution in [0.4, 0.5) is 4.39 Å². The third-order valence-corrected chi connectivity index (χ3v) is 7.85. The fraction of sp³-hybridized carbons (Fsp3) is 0.233. The highest BCUT2D eigenvalue weighted by Gasteiger charge is 2.49. The van der Waals surface area contributed by atoms with Gasteiger partial charge in [0.15, 0.2) is 11.6 Å². The number of carbonyl (C=O) groups is 1. The van der Waals surface area contributed by atoms with E-state index in [2.05, 4.69) is 11.1 Å². The smallest absolute Gasteiger partial charge is 0.179 e. The summed E-state index contributed by atoms with van der Waals surface area (Å²) in [7, 11) is 0. The Morgan fingerprint density at radius 2 is 1.83 bits per heavy atom. The van der Waals surface area contributed by atoms with Crippen LogP contribution in [0.15, 0.2) is 72.4 Å². The maximum atomic E-state index is 15.1. The Labute approximate surface area is 208 Å². The molecule has 2 aromatic heterocycles. The molecule has 0 unspecified atom stereocenters. The quantitative estimate of drug-likeness (QED) is 0.357. The van der Waals surface area contributed by atoms with Crippen molar-refractivity contribution in [3.05, 3.63) is 89.5 Å². The molecule has 2 heterocycles. The highest BCUT2D eigenvalue weighted by molar-refractivity contribution is 6.02.